The van der Waals surface area contributed by atoms with Crippen molar-refractivity contribution < 1.29 is 33.6 Å². The smallest absolute Gasteiger partial charge is 0.305 e. The molecule has 5 aromatic carbocycles. The van der Waals surface area contributed by atoms with Gasteiger partial charge in [0.1, 0.15) is 23.0 Å². The number of rotatable bonds is 13. The van der Waals surface area contributed by atoms with Gasteiger partial charge in [-0.25, -0.2) is 0 Å². The van der Waals surface area contributed by atoms with Crippen molar-refractivity contribution in [1.29, 1.82) is 0 Å². The highest BCUT2D eigenvalue weighted by Crippen LogP contribution is 2.59. The number of benzene rings is 5. The molecule has 0 amide bonds. The van der Waals surface area contributed by atoms with Crippen molar-refractivity contribution in [3.05, 3.63) is 119 Å². The highest BCUT2D eigenvalue weighted by Gasteiger charge is 2.44. The molecule has 0 bridgehead atoms. The Balaban J connectivity index is 1.26. The maximum absolute atomic E-state index is 12.6. The molecule has 8 nitrogen and oxygen atoms in total. The van der Waals surface area contributed by atoms with Gasteiger partial charge in [0.25, 0.3) is 0 Å². The Hall–Kier alpha value is -5.47. The third-order valence-electron chi connectivity index (χ3n) is 12.3. The van der Waals surface area contributed by atoms with Crippen LogP contribution in [0.25, 0.3) is 28.0 Å². The minimum atomic E-state index is -0.954. The molecule has 0 radical (unpaired) electrons. The molecule has 296 valence electrons. The summed E-state index contributed by atoms with van der Waals surface area (Å²) in [7, 11) is 5.10. The van der Waals surface area contributed by atoms with Crippen LogP contribution in [0.5, 0.6) is 23.0 Å². The Bertz CT molecular complexity index is 2250. The van der Waals surface area contributed by atoms with Crippen LogP contribution in [-0.2, 0) is 20.5 Å². The first-order valence-corrected chi connectivity index (χ1v) is 20.2. The lowest BCUT2D eigenvalue weighted by Crippen LogP contribution is -2.37. The molecular weight excluding hydrogens is 715 g/mol. The number of nitrogens with zero attached hydrogens (tertiary/aromatic N) is 1. The van der Waals surface area contributed by atoms with E-state index in [0.29, 0.717) is 19.4 Å². The van der Waals surface area contributed by atoms with Crippen LogP contribution in [0.4, 0.5) is 5.69 Å². The molecule has 0 spiro atoms. The van der Waals surface area contributed by atoms with E-state index in [4.69, 9.17) is 28.8 Å². The van der Waals surface area contributed by atoms with Gasteiger partial charge < -0.3 is 33.7 Å². The molecule has 3 aliphatic rings. The van der Waals surface area contributed by atoms with Gasteiger partial charge >= 0.3 is 5.97 Å². The van der Waals surface area contributed by atoms with Crippen LogP contribution in [0, 0.1) is 5.92 Å². The van der Waals surface area contributed by atoms with Gasteiger partial charge in [-0.2, -0.15) is 0 Å². The molecule has 8 heteroatoms. The number of methoxy groups -OCH3 is 3. The maximum Gasteiger partial charge on any atom is 0.305 e. The van der Waals surface area contributed by atoms with Gasteiger partial charge in [0, 0.05) is 59.5 Å². The molecule has 1 atom stereocenters. The van der Waals surface area contributed by atoms with E-state index in [1.54, 1.807) is 21.3 Å². The molecule has 1 fully saturated rings. The average molecular weight is 768 g/mol. The Morgan fingerprint density at radius 2 is 1.56 bits per heavy atom. The third-order valence-corrected chi connectivity index (χ3v) is 12.3. The van der Waals surface area contributed by atoms with E-state index in [-0.39, 0.29) is 23.9 Å². The molecule has 1 N–H and O–H groups in total. The van der Waals surface area contributed by atoms with Crippen LogP contribution in [0.2, 0.25) is 0 Å². The normalized spacial score (nSPS) is 17.3. The number of carbonyl (C=O) groups is 1. The second-order valence-corrected chi connectivity index (χ2v) is 16.0. The van der Waals surface area contributed by atoms with E-state index in [1.807, 2.05) is 24.3 Å². The second-order valence-electron chi connectivity index (χ2n) is 16.0. The fraction of sp³-hybridized carbons (Fsp3) is 0.367. The van der Waals surface area contributed by atoms with Gasteiger partial charge in [-0.15, -0.1) is 0 Å². The first-order valence-electron chi connectivity index (χ1n) is 20.2. The number of carbonyl (C=O) groups excluding carboxylic acids is 1. The Morgan fingerprint density at radius 3 is 2.23 bits per heavy atom. The van der Waals surface area contributed by atoms with Crippen molar-refractivity contribution in [3.63, 3.8) is 0 Å². The van der Waals surface area contributed by atoms with Gasteiger partial charge in [0.05, 0.1) is 33.6 Å². The van der Waals surface area contributed by atoms with Crippen LogP contribution in [0.1, 0.15) is 80.2 Å². The number of esters is 1. The number of hydrogen-bond acceptors (Lipinski definition) is 8. The summed E-state index contributed by atoms with van der Waals surface area (Å²) in [6.07, 6.45) is 9.10. The monoisotopic (exact) mass is 767 g/mol. The van der Waals surface area contributed by atoms with Crippen LogP contribution in [0.15, 0.2) is 91.0 Å². The summed E-state index contributed by atoms with van der Waals surface area (Å²) in [4.78, 5) is 15.0. The molecule has 0 aromatic heterocycles. The summed E-state index contributed by atoms with van der Waals surface area (Å²) in [5, 5.41) is 11.2. The van der Waals surface area contributed by atoms with Crippen molar-refractivity contribution in [2.24, 2.45) is 5.92 Å². The standard InChI is InChI=1S/C49H53NO7/c1-48(2)41-14-9-8-13-37(41)45-39-28-42(50-26-11-12-32(30-50)31-56-44(52)15-7-6-10-27-51)43(55-5)29-40(39)47-38(46(45)48)24-25-49(57-47,33-16-20-35(53-3)21-17-33)34-18-22-36(54-4)23-19-34/h8-9,13-14,16-25,28-29,32,51H,6-7,10-12,15,26-27,30-31H2,1-5H3. The lowest BCUT2D eigenvalue weighted by Gasteiger charge is -2.39. The number of piperidine rings is 1. The summed E-state index contributed by atoms with van der Waals surface area (Å²) >= 11 is 0. The van der Waals surface area contributed by atoms with E-state index in [0.717, 1.165) is 94.9 Å². The molecule has 1 unspecified atom stereocenters. The number of hydrogen-bond donors (Lipinski definition) is 1. The Labute approximate surface area is 336 Å². The van der Waals surface area contributed by atoms with Crippen molar-refractivity contribution in [2.45, 2.75) is 63.4 Å². The molecular formula is C49H53NO7. The topological polar surface area (TPSA) is 86.7 Å². The van der Waals surface area contributed by atoms with Gasteiger partial charge in [-0.3, -0.25) is 4.79 Å². The molecule has 1 saturated heterocycles. The fourth-order valence-corrected chi connectivity index (χ4v) is 9.29. The van der Waals surface area contributed by atoms with E-state index in [2.05, 4.69) is 91.6 Å². The van der Waals surface area contributed by atoms with E-state index < -0.39 is 5.60 Å². The van der Waals surface area contributed by atoms with Crippen LogP contribution >= 0.6 is 0 Å². The highest BCUT2D eigenvalue weighted by molar-refractivity contribution is 6.10. The zero-order valence-electron chi connectivity index (χ0n) is 33.7. The number of fused-ring (bicyclic) bond motifs is 8. The Kier molecular flexibility index (Phi) is 10.7. The van der Waals surface area contributed by atoms with Crippen molar-refractivity contribution in [2.75, 3.05) is 52.5 Å². The van der Waals surface area contributed by atoms with Crippen LogP contribution in [0.3, 0.4) is 0 Å². The first kappa shape index (κ1) is 38.4. The summed E-state index contributed by atoms with van der Waals surface area (Å²) < 4.78 is 30.7. The zero-order valence-corrected chi connectivity index (χ0v) is 33.7. The van der Waals surface area contributed by atoms with Crippen LogP contribution < -0.4 is 23.8 Å². The Morgan fingerprint density at radius 1 is 0.860 bits per heavy atom. The van der Waals surface area contributed by atoms with Crippen molar-refractivity contribution in [3.8, 4) is 34.1 Å². The van der Waals surface area contributed by atoms with Gasteiger partial charge in [-0.05, 0) is 95.8 Å². The molecule has 0 saturated carbocycles. The quantitative estimate of drug-likeness (QED) is 0.0937. The molecule has 8 rings (SSSR count). The van der Waals surface area contributed by atoms with E-state index in [1.165, 1.54) is 22.3 Å². The molecule has 57 heavy (non-hydrogen) atoms. The average Bonchev–Trinajstić information content (AvgIpc) is 3.50. The van der Waals surface area contributed by atoms with Crippen LogP contribution in [-0.4, -0.2) is 58.7 Å². The number of ether oxygens (including phenoxy) is 5. The van der Waals surface area contributed by atoms with E-state index in [9.17, 15) is 4.79 Å². The van der Waals surface area contributed by atoms with Gasteiger partial charge in [0.2, 0.25) is 0 Å². The number of aliphatic hydroxyl groups excluding tert-OH is 1. The summed E-state index contributed by atoms with van der Waals surface area (Å²) in [6.45, 7) is 6.82. The number of unbranched alkanes of at least 4 members (excludes halogenated alkanes) is 2. The minimum Gasteiger partial charge on any atom is -0.497 e. The third kappa shape index (κ3) is 6.88. The summed E-state index contributed by atoms with van der Waals surface area (Å²) in [6, 6.07) is 29.5. The predicted molar refractivity (Wildman–Crippen MR) is 226 cm³/mol. The lowest BCUT2D eigenvalue weighted by atomic mass is 9.76. The second kappa shape index (κ2) is 15.8. The minimum absolute atomic E-state index is 0.152. The largest absolute Gasteiger partial charge is 0.497 e. The zero-order chi connectivity index (χ0) is 39.7. The van der Waals surface area contributed by atoms with Crippen molar-refractivity contribution in [1.82, 2.24) is 0 Å². The first-order chi connectivity index (χ1) is 27.7. The highest BCUT2D eigenvalue weighted by atomic mass is 16.5. The maximum atomic E-state index is 12.6. The molecule has 5 aromatic rings. The predicted octanol–water partition coefficient (Wildman–Crippen LogP) is 9.83. The number of aliphatic hydroxyl groups is 1. The molecule has 1 aliphatic carbocycles. The summed E-state index contributed by atoms with van der Waals surface area (Å²) in [5.41, 5.74) is 7.80. The fourth-order valence-electron chi connectivity index (χ4n) is 9.29. The van der Waals surface area contributed by atoms with Gasteiger partial charge in [0.15, 0.2) is 5.60 Å². The van der Waals surface area contributed by atoms with Crippen molar-refractivity contribution >= 4 is 28.5 Å². The summed E-state index contributed by atoms with van der Waals surface area (Å²) in [5.74, 6) is 3.18. The molecule has 2 heterocycles. The van der Waals surface area contributed by atoms with Gasteiger partial charge in [-0.1, -0.05) is 74.9 Å². The SMILES string of the molecule is COc1ccc(C2(c3ccc(OC)cc3)C=Cc3c4c(c5cc(N6CCCC(COC(=O)CCCCCO)C6)c(OC)cc5c3O2)-c2ccccc2C4(C)C)cc1. The van der Waals surface area contributed by atoms with E-state index >= 15 is 0 Å². The molecule has 2 aliphatic heterocycles. The lowest BCUT2D eigenvalue weighted by molar-refractivity contribution is -0.145. The number of anilines is 1.